The predicted octanol–water partition coefficient (Wildman–Crippen LogP) is 1.39. The Kier molecular flexibility index (Phi) is 2.19. The van der Waals surface area contributed by atoms with Crippen molar-refractivity contribution in [2.24, 2.45) is 0 Å². The van der Waals surface area contributed by atoms with Gasteiger partial charge in [0.05, 0.1) is 0 Å². The van der Waals surface area contributed by atoms with Crippen LogP contribution in [0.4, 0.5) is 0 Å². The van der Waals surface area contributed by atoms with Gasteiger partial charge in [0, 0.05) is 22.5 Å². The van der Waals surface area contributed by atoms with E-state index in [1.807, 2.05) is 12.1 Å². The Morgan fingerprint density at radius 3 is 3.11 bits per heavy atom. The minimum absolute atomic E-state index is 0.785. The molecule has 0 aliphatic rings. The lowest BCUT2D eigenvalue weighted by molar-refractivity contribution is 1.24. The first-order valence-electron chi connectivity index (χ1n) is 2.46. The van der Waals surface area contributed by atoms with Crippen LogP contribution in [0.15, 0.2) is 29.4 Å². The topological polar surface area (TPSA) is 36.7 Å². The molecule has 1 aromatic heterocycles. The fourth-order valence-electron chi connectivity index (χ4n) is 0.484. The van der Waals surface area contributed by atoms with E-state index in [4.69, 9.17) is 5.41 Å². The number of rotatable bonds is 1. The lowest BCUT2D eigenvalue weighted by Gasteiger charge is -1.84. The van der Waals surface area contributed by atoms with Gasteiger partial charge in [-0.15, -0.1) is 11.4 Å². The van der Waals surface area contributed by atoms with E-state index in [1.54, 1.807) is 12.4 Å². The summed E-state index contributed by atoms with van der Waals surface area (Å²) in [7, 11) is 0. The fourth-order valence-corrected chi connectivity index (χ4v) is 0.899. The number of nitrogens with one attached hydrogen (secondary N) is 1. The molecular formula is C6H6N2S. The number of aromatic nitrogens is 1. The van der Waals surface area contributed by atoms with Crippen LogP contribution in [0.25, 0.3) is 0 Å². The molecule has 46 valence electrons. The van der Waals surface area contributed by atoms with E-state index in [0.29, 0.717) is 0 Å². The molecular weight excluding hydrogens is 132 g/mol. The van der Waals surface area contributed by atoms with Gasteiger partial charge in [-0.3, -0.25) is 10.4 Å². The summed E-state index contributed by atoms with van der Waals surface area (Å²) in [5.74, 6) is 0. The van der Waals surface area contributed by atoms with Crippen molar-refractivity contribution in [3.8, 4) is 0 Å². The van der Waals surface area contributed by atoms with Gasteiger partial charge in [-0.1, -0.05) is 0 Å². The number of pyridine rings is 1. The van der Waals surface area contributed by atoms with Crippen molar-refractivity contribution in [3.05, 3.63) is 24.5 Å². The highest BCUT2D eigenvalue weighted by molar-refractivity contribution is 7.97. The second-order valence-corrected chi connectivity index (χ2v) is 2.40. The summed E-state index contributed by atoms with van der Waals surface area (Å²) in [4.78, 5) is 4.88. The van der Waals surface area contributed by atoms with Gasteiger partial charge in [0.25, 0.3) is 0 Å². The number of hydrogen-bond donors (Lipinski definition) is 2. The molecule has 3 heteroatoms. The molecule has 0 aromatic carbocycles. The minimum Gasteiger partial charge on any atom is -0.264 e. The first-order chi connectivity index (χ1) is 4.43. The number of hydrogen-bond acceptors (Lipinski definition) is 2. The summed E-state index contributed by atoms with van der Waals surface area (Å²) in [6, 6.07) is 3.76. The van der Waals surface area contributed by atoms with Crippen molar-refractivity contribution in [3.63, 3.8) is 0 Å². The molecule has 1 rings (SSSR count). The van der Waals surface area contributed by atoms with Crippen molar-refractivity contribution >= 4 is 16.5 Å². The molecule has 0 atom stereocenters. The summed E-state index contributed by atoms with van der Waals surface area (Å²) in [5.41, 5.74) is 0. The van der Waals surface area contributed by atoms with E-state index in [-0.39, 0.29) is 0 Å². The monoisotopic (exact) mass is 138 g/mol. The van der Waals surface area contributed by atoms with E-state index < -0.39 is 0 Å². The zero-order chi connectivity index (χ0) is 6.53. The highest BCUT2D eigenvalue weighted by Crippen LogP contribution is 2.03. The van der Waals surface area contributed by atoms with Crippen molar-refractivity contribution < 1.29 is 0 Å². The van der Waals surface area contributed by atoms with E-state index in [1.165, 1.54) is 0 Å². The molecule has 0 bridgehead atoms. The Bertz CT molecular complexity index is 226. The molecule has 0 saturated heterocycles. The maximum Gasteiger partial charge on any atom is 0.0403 e. The van der Waals surface area contributed by atoms with E-state index in [9.17, 15) is 0 Å². The Hall–Kier alpha value is -0.920. The van der Waals surface area contributed by atoms with Crippen LogP contribution in [0.5, 0.6) is 0 Å². The van der Waals surface area contributed by atoms with Gasteiger partial charge in [0.15, 0.2) is 0 Å². The average Bonchev–Trinajstić information content (AvgIpc) is 1.91. The smallest absolute Gasteiger partial charge is 0.0403 e. The zero-order valence-electron chi connectivity index (χ0n) is 4.70. The molecule has 0 saturated carbocycles. The van der Waals surface area contributed by atoms with Crippen molar-refractivity contribution in [2.75, 3.05) is 0 Å². The molecule has 0 spiro atoms. The number of thiol groups is 1. The minimum atomic E-state index is 0.785. The summed E-state index contributed by atoms with van der Waals surface area (Å²) in [5, 5.41) is 8.92. The van der Waals surface area contributed by atoms with Crippen LogP contribution >= 0.6 is 11.4 Å². The van der Waals surface area contributed by atoms with Gasteiger partial charge in [-0.05, 0) is 12.1 Å². The second kappa shape index (κ2) is 3.17. The third-order valence-electron chi connectivity index (χ3n) is 0.831. The Labute approximate surface area is 57.0 Å². The molecule has 0 aliphatic heterocycles. The predicted molar refractivity (Wildman–Crippen MR) is 39.2 cm³/mol. The van der Waals surface area contributed by atoms with Crippen molar-refractivity contribution in [1.29, 1.82) is 5.41 Å². The first-order valence-corrected chi connectivity index (χ1v) is 3.35. The molecule has 1 N–H and O–H groups in total. The molecule has 2 nitrogen and oxygen atoms in total. The highest BCUT2D eigenvalue weighted by atomic mass is 32.1. The SMILES string of the molecule is N=C=[SH]c1cccnc1. The quantitative estimate of drug-likeness (QED) is 0.343. The van der Waals surface area contributed by atoms with Crippen molar-refractivity contribution in [2.45, 2.75) is 4.90 Å². The Morgan fingerprint density at radius 2 is 2.56 bits per heavy atom. The summed E-state index contributed by atoms with van der Waals surface area (Å²) >= 11 is 0.785. The van der Waals surface area contributed by atoms with Crippen LogP contribution in [0.1, 0.15) is 0 Å². The third-order valence-corrected chi connectivity index (χ3v) is 1.47. The van der Waals surface area contributed by atoms with Gasteiger partial charge < -0.3 is 0 Å². The maximum atomic E-state index is 6.65. The largest absolute Gasteiger partial charge is 0.264 e. The summed E-state index contributed by atoms with van der Waals surface area (Å²) in [6.45, 7) is 0. The fraction of sp³-hybridized carbons (Fsp3) is 0. The molecule has 0 radical (unpaired) electrons. The van der Waals surface area contributed by atoms with E-state index in [2.05, 4.69) is 10.1 Å². The zero-order valence-corrected chi connectivity index (χ0v) is 5.60. The highest BCUT2D eigenvalue weighted by Gasteiger charge is 1.78. The second-order valence-electron chi connectivity index (χ2n) is 1.43. The molecule has 0 unspecified atom stereocenters. The molecule has 1 aromatic rings. The van der Waals surface area contributed by atoms with Gasteiger partial charge >= 0.3 is 0 Å². The normalized spacial score (nSPS) is 8.44. The van der Waals surface area contributed by atoms with Gasteiger partial charge in [0.1, 0.15) is 0 Å². The van der Waals surface area contributed by atoms with Crippen LogP contribution < -0.4 is 0 Å². The average molecular weight is 138 g/mol. The lowest BCUT2D eigenvalue weighted by atomic mass is 10.5. The Morgan fingerprint density at radius 1 is 1.67 bits per heavy atom. The summed E-state index contributed by atoms with van der Waals surface area (Å²) < 4.78 is 0. The van der Waals surface area contributed by atoms with Gasteiger partial charge in [0.2, 0.25) is 0 Å². The van der Waals surface area contributed by atoms with Crippen LogP contribution in [-0.4, -0.2) is 10.1 Å². The van der Waals surface area contributed by atoms with E-state index in [0.717, 1.165) is 16.2 Å². The molecule has 9 heavy (non-hydrogen) atoms. The lowest BCUT2D eigenvalue weighted by Crippen LogP contribution is -1.67. The third kappa shape index (κ3) is 1.80. The standard InChI is InChI=1S/C6H6N2S/c7-5-9-6-2-1-3-8-4-6/h1-4,7,9H. The summed E-state index contributed by atoms with van der Waals surface area (Å²) in [6.07, 6.45) is 3.44. The van der Waals surface area contributed by atoms with Crippen molar-refractivity contribution in [1.82, 2.24) is 4.98 Å². The van der Waals surface area contributed by atoms with Crippen LogP contribution in [0.2, 0.25) is 0 Å². The number of isothiocyanates is 1. The Balaban J connectivity index is 2.97. The molecule has 1 heterocycles. The van der Waals surface area contributed by atoms with Gasteiger partial charge in [-0.25, -0.2) is 0 Å². The molecule has 0 aliphatic carbocycles. The van der Waals surface area contributed by atoms with Crippen LogP contribution in [-0.2, 0) is 0 Å². The molecule has 0 fully saturated rings. The molecule has 0 amide bonds. The van der Waals surface area contributed by atoms with Crippen LogP contribution in [0.3, 0.4) is 0 Å². The maximum absolute atomic E-state index is 6.65. The van der Waals surface area contributed by atoms with Gasteiger partial charge in [-0.2, -0.15) is 0 Å². The number of nitrogens with zero attached hydrogens (tertiary/aromatic N) is 1. The van der Waals surface area contributed by atoms with E-state index >= 15 is 0 Å². The first kappa shape index (κ1) is 6.20. The van der Waals surface area contributed by atoms with Crippen LogP contribution in [0, 0.1) is 5.41 Å².